The van der Waals surface area contributed by atoms with Gasteiger partial charge in [-0.15, -0.1) is 0 Å². The van der Waals surface area contributed by atoms with Crippen molar-refractivity contribution in [3.63, 3.8) is 0 Å². The third kappa shape index (κ3) is 10.0. The van der Waals surface area contributed by atoms with Gasteiger partial charge in [-0.1, -0.05) is 13.8 Å². The van der Waals surface area contributed by atoms with Crippen molar-refractivity contribution < 1.29 is 14.2 Å². The summed E-state index contributed by atoms with van der Waals surface area (Å²) in [5, 5.41) is 0. The first-order valence-corrected chi connectivity index (χ1v) is 9.31. The van der Waals surface area contributed by atoms with Crippen molar-refractivity contribution in [2.75, 3.05) is 39.6 Å². The molecule has 0 atom stereocenters. The first-order valence-electron chi connectivity index (χ1n) is 7.31. The van der Waals surface area contributed by atoms with Gasteiger partial charge in [-0.25, -0.2) is 0 Å². The van der Waals surface area contributed by atoms with Crippen LogP contribution in [0.1, 0.15) is 27.7 Å². The van der Waals surface area contributed by atoms with E-state index in [1.54, 1.807) is 0 Å². The summed E-state index contributed by atoms with van der Waals surface area (Å²) in [6, 6.07) is 2.30. The Balaban J connectivity index is 3.42. The molecule has 0 heterocycles. The molecule has 0 aromatic rings. The van der Waals surface area contributed by atoms with Gasteiger partial charge in [0.05, 0.1) is 6.73 Å². The molecule has 0 bridgehead atoms. The number of ether oxygens (including phenoxy) is 3. The van der Waals surface area contributed by atoms with E-state index in [0.29, 0.717) is 0 Å². The quantitative estimate of drug-likeness (QED) is 0.291. The predicted molar refractivity (Wildman–Crippen MR) is 78.9 cm³/mol. The summed E-state index contributed by atoms with van der Waals surface area (Å²) in [5.41, 5.74) is 0. The summed E-state index contributed by atoms with van der Waals surface area (Å²) >= 11 is 0. The van der Waals surface area contributed by atoms with Gasteiger partial charge in [-0.05, 0) is 39.0 Å². The van der Waals surface area contributed by atoms with E-state index in [1.807, 2.05) is 13.8 Å². The van der Waals surface area contributed by atoms with Crippen molar-refractivity contribution in [1.29, 1.82) is 0 Å². The molecule has 0 saturated carbocycles. The SMILES string of the molecule is CCOC(C[SiH2]CCOCN(CC)CC)OCC. The van der Waals surface area contributed by atoms with Gasteiger partial charge >= 0.3 is 0 Å². The molecule has 0 fully saturated rings. The molecule has 4 nitrogen and oxygen atoms in total. The lowest BCUT2D eigenvalue weighted by atomic mass is 10.6. The zero-order valence-electron chi connectivity index (χ0n) is 12.6. The molecule has 0 aliphatic rings. The van der Waals surface area contributed by atoms with Crippen LogP contribution in [0, 0.1) is 0 Å². The Morgan fingerprint density at radius 1 is 1.00 bits per heavy atom. The van der Waals surface area contributed by atoms with Crippen LogP contribution >= 0.6 is 0 Å². The first kappa shape index (κ1) is 18.1. The molecule has 0 aliphatic heterocycles. The normalized spacial score (nSPS) is 12.3. The number of hydrogen-bond donors (Lipinski definition) is 0. The third-order valence-corrected chi connectivity index (χ3v) is 4.52. The highest BCUT2D eigenvalue weighted by atomic mass is 28.2. The fraction of sp³-hybridized carbons (Fsp3) is 1.00. The number of nitrogens with zero attached hydrogens (tertiary/aromatic N) is 1. The highest BCUT2D eigenvalue weighted by Crippen LogP contribution is 2.02. The fourth-order valence-corrected chi connectivity index (χ4v) is 3.07. The van der Waals surface area contributed by atoms with Crippen LogP contribution in [0.5, 0.6) is 0 Å². The maximum absolute atomic E-state index is 5.66. The summed E-state index contributed by atoms with van der Waals surface area (Å²) in [6.07, 6.45) is 0.0226. The molecule has 0 aromatic carbocycles. The Morgan fingerprint density at radius 3 is 2.11 bits per heavy atom. The van der Waals surface area contributed by atoms with Gasteiger partial charge in [0, 0.05) is 29.3 Å². The molecule has 0 amide bonds. The highest BCUT2D eigenvalue weighted by Gasteiger charge is 2.07. The Labute approximate surface area is 115 Å². The van der Waals surface area contributed by atoms with Crippen LogP contribution in [-0.2, 0) is 14.2 Å². The smallest absolute Gasteiger partial charge is 0.154 e. The Morgan fingerprint density at radius 2 is 1.61 bits per heavy atom. The van der Waals surface area contributed by atoms with E-state index < -0.39 is 0 Å². The van der Waals surface area contributed by atoms with Crippen LogP contribution in [0.3, 0.4) is 0 Å². The van der Waals surface area contributed by atoms with E-state index >= 15 is 0 Å². The van der Waals surface area contributed by atoms with E-state index in [4.69, 9.17) is 14.2 Å². The lowest BCUT2D eigenvalue weighted by Crippen LogP contribution is -2.26. The van der Waals surface area contributed by atoms with Crippen LogP contribution in [0.4, 0.5) is 0 Å². The molecule has 0 radical (unpaired) electrons. The van der Waals surface area contributed by atoms with E-state index in [-0.39, 0.29) is 15.8 Å². The van der Waals surface area contributed by atoms with Gasteiger partial charge in [0.1, 0.15) is 0 Å². The summed E-state index contributed by atoms with van der Waals surface area (Å²) < 4.78 is 16.7. The van der Waals surface area contributed by atoms with Gasteiger partial charge in [-0.2, -0.15) is 0 Å². The zero-order valence-corrected chi connectivity index (χ0v) is 14.0. The molecular weight excluding hydrogens is 246 g/mol. The minimum absolute atomic E-state index is 0.0226. The first-order chi connectivity index (χ1) is 8.78. The van der Waals surface area contributed by atoms with Crippen LogP contribution in [0.15, 0.2) is 0 Å². The molecule has 18 heavy (non-hydrogen) atoms. The predicted octanol–water partition coefficient (Wildman–Crippen LogP) is 1.71. The van der Waals surface area contributed by atoms with E-state index in [1.165, 1.54) is 6.04 Å². The van der Waals surface area contributed by atoms with Crippen molar-refractivity contribution in [2.45, 2.75) is 46.1 Å². The Bertz CT molecular complexity index is 162. The standard InChI is InChI=1S/C13H31NO3Si/c1-5-14(6-2)12-15-9-10-18-11-13(16-7-3)17-8-4/h13H,5-12,18H2,1-4H3. The van der Waals surface area contributed by atoms with Gasteiger partial charge in [0.15, 0.2) is 6.29 Å². The van der Waals surface area contributed by atoms with Crippen molar-refractivity contribution in [2.24, 2.45) is 0 Å². The van der Waals surface area contributed by atoms with Crippen LogP contribution in [0.2, 0.25) is 12.1 Å². The van der Waals surface area contributed by atoms with Crippen LogP contribution < -0.4 is 0 Å². The Kier molecular flexibility index (Phi) is 13.5. The molecule has 0 aromatic heterocycles. The van der Waals surface area contributed by atoms with E-state index in [9.17, 15) is 0 Å². The summed E-state index contributed by atoms with van der Waals surface area (Å²) in [7, 11) is -0.128. The van der Waals surface area contributed by atoms with Crippen molar-refractivity contribution in [1.82, 2.24) is 4.90 Å². The van der Waals surface area contributed by atoms with Crippen molar-refractivity contribution >= 4 is 9.52 Å². The average molecular weight is 277 g/mol. The Hall–Kier alpha value is 0.0569. The minimum atomic E-state index is -0.128. The molecule has 0 unspecified atom stereocenters. The topological polar surface area (TPSA) is 30.9 Å². The lowest BCUT2D eigenvalue weighted by molar-refractivity contribution is -0.123. The summed E-state index contributed by atoms with van der Waals surface area (Å²) in [6.45, 7) is 13.6. The second-order valence-corrected chi connectivity index (χ2v) is 6.17. The highest BCUT2D eigenvalue weighted by molar-refractivity contribution is 6.35. The lowest BCUT2D eigenvalue weighted by Gasteiger charge is -2.18. The number of rotatable bonds is 13. The third-order valence-electron chi connectivity index (χ3n) is 2.85. The second-order valence-electron chi connectivity index (χ2n) is 4.18. The van der Waals surface area contributed by atoms with E-state index in [0.717, 1.165) is 45.7 Å². The molecule has 0 aliphatic carbocycles. The monoisotopic (exact) mass is 277 g/mol. The van der Waals surface area contributed by atoms with Crippen molar-refractivity contribution in [3.8, 4) is 0 Å². The zero-order chi connectivity index (χ0) is 13.6. The summed E-state index contributed by atoms with van der Waals surface area (Å²) in [4.78, 5) is 2.28. The minimum Gasteiger partial charge on any atom is -0.366 e. The second kappa shape index (κ2) is 13.5. The van der Waals surface area contributed by atoms with Gasteiger partial charge in [-0.3, -0.25) is 4.90 Å². The molecule has 0 rings (SSSR count). The maximum atomic E-state index is 5.66. The molecule has 5 heteroatoms. The van der Waals surface area contributed by atoms with Gasteiger partial charge in [0.25, 0.3) is 0 Å². The average Bonchev–Trinajstić information content (AvgIpc) is 2.38. The van der Waals surface area contributed by atoms with Crippen molar-refractivity contribution in [3.05, 3.63) is 0 Å². The molecule has 0 spiro atoms. The van der Waals surface area contributed by atoms with Crippen LogP contribution in [-0.4, -0.2) is 60.4 Å². The van der Waals surface area contributed by atoms with Crippen LogP contribution in [0.25, 0.3) is 0 Å². The van der Waals surface area contributed by atoms with Gasteiger partial charge in [0.2, 0.25) is 0 Å². The number of hydrogen-bond acceptors (Lipinski definition) is 4. The maximum Gasteiger partial charge on any atom is 0.154 e. The molecule has 0 N–H and O–H groups in total. The molecule has 110 valence electrons. The van der Waals surface area contributed by atoms with Gasteiger partial charge < -0.3 is 14.2 Å². The van der Waals surface area contributed by atoms with E-state index in [2.05, 4.69) is 18.7 Å². The largest absolute Gasteiger partial charge is 0.366 e. The summed E-state index contributed by atoms with van der Waals surface area (Å²) in [5.74, 6) is 0. The molecule has 0 saturated heterocycles. The fourth-order valence-electron chi connectivity index (χ4n) is 1.70. The molecular formula is C13H31NO3Si.